The molecule has 0 saturated carbocycles. The molecule has 0 saturated heterocycles. The predicted molar refractivity (Wildman–Crippen MR) is 91.4 cm³/mol. The number of nitrogens with zero attached hydrogens (tertiary/aromatic N) is 2. The lowest BCUT2D eigenvalue weighted by atomic mass is 10.2. The van der Waals surface area contributed by atoms with E-state index in [1.807, 2.05) is 36.4 Å². The first-order valence-corrected chi connectivity index (χ1v) is 7.59. The number of nitrogens with one attached hydrogen (secondary N) is 1. The molecule has 0 bridgehead atoms. The summed E-state index contributed by atoms with van der Waals surface area (Å²) in [5, 5.41) is 7.16. The van der Waals surface area contributed by atoms with Gasteiger partial charge in [0.2, 0.25) is 5.88 Å². The largest absolute Gasteiger partial charge is 0.480 e. The quantitative estimate of drug-likeness (QED) is 0.690. The van der Waals surface area contributed by atoms with Gasteiger partial charge in [0.1, 0.15) is 17.1 Å². The SMILES string of the molecule is COC(=O)c1ccc(NCc2cc(-c3ccccc3)on2)nc1OC. The highest BCUT2D eigenvalue weighted by Gasteiger charge is 2.15. The number of carbonyl (C=O) groups excluding carboxylic acids is 1. The average Bonchev–Trinajstić information content (AvgIpc) is 3.15. The lowest BCUT2D eigenvalue weighted by Crippen LogP contribution is -2.08. The van der Waals surface area contributed by atoms with Crippen molar-refractivity contribution in [3.05, 3.63) is 59.8 Å². The van der Waals surface area contributed by atoms with Gasteiger partial charge in [-0.05, 0) is 12.1 Å². The van der Waals surface area contributed by atoms with Crippen molar-refractivity contribution in [3.63, 3.8) is 0 Å². The zero-order valence-corrected chi connectivity index (χ0v) is 13.9. The fourth-order valence-electron chi connectivity index (χ4n) is 2.27. The van der Waals surface area contributed by atoms with Crippen LogP contribution in [0, 0.1) is 0 Å². The van der Waals surface area contributed by atoms with Crippen LogP contribution in [0.3, 0.4) is 0 Å². The van der Waals surface area contributed by atoms with E-state index < -0.39 is 5.97 Å². The third-order valence-electron chi connectivity index (χ3n) is 3.53. The number of esters is 1. The molecule has 0 aliphatic heterocycles. The van der Waals surface area contributed by atoms with Crippen molar-refractivity contribution < 1.29 is 18.8 Å². The van der Waals surface area contributed by atoms with E-state index in [2.05, 4.69) is 15.5 Å². The molecular formula is C18H17N3O4. The van der Waals surface area contributed by atoms with E-state index in [1.165, 1.54) is 14.2 Å². The lowest BCUT2D eigenvalue weighted by Gasteiger charge is -2.08. The molecule has 0 fully saturated rings. The summed E-state index contributed by atoms with van der Waals surface area (Å²) in [6.45, 7) is 0.421. The molecule has 0 radical (unpaired) electrons. The van der Waals surface area contributed by atoms with E-state index in [9.17, 15) is 4.79 Å². The number of pyridine rings is 1. The Kier molecular flexibility index (Phi) is 4.94. The van der Waals surface area contributed by atoms with Crippen LogP contribution in [0.5, 0.6) is 5.88 Å². The van der Waals surface area contributed by atoms with Crippen molar-refractivity contribution in [2.24, 2.45) is 0 Å². The zero-order chi connectivity index (χ0) is 17.6. The fourth-order valence-corrected chi connectivity index (χ4v) is 2.27. The average molecular weight is 339 g/mol. The molecule has 0 atom stereocenters. The first kappa shape index (κ1) is 16.5. The summed E-state index contributed by atoms with van der Waals surface area (Å²) in [6, 6.07) is 14.9. The number of aromatic nitrogens is 2. The molecule has 3 aromatic rings. The Morgan fingerprint density at radius 3 is 2.68 bits per heavy atom. The second-order valence-electron chi connectivity index (χ2n) is 5.15. The van der Waals surface area contributed by atoms with Gasteiger partial charge in [-0.2, -0.15) is 4.98 Å². The number of benzene rings is 1. The third kappa shape index (κ3) is 3.77. The minimum absolute atomic E-state index is 0.196. The van der Waals surface area contributed by atoms with E-state index in [0.29, 0.717) is 18.1 Å². The summed E-state index contributed by atoms with van der Waals surface area (Å²) in [6.07, 6.45) is 0. The van der Waals surface area contributed by atoms with Crippen molar-refractivity contribution >= 4 is 11.8 Å². The molecule has 0 aliphatic carbocycles. The maximum absolute atomic E-state index is 11.6. The van der Waals surface area contributed by atoms with Crippen LogP contribution < -0.4 is 10.1 Å². The van der Waals surface area contributed by atoms with E-state index in [0.717, 1.165) is 11.3 Å². The molecule has 2 aromatic heterocycles. The maximum atomic E-state index is 11.6. The van der Waals surface area contributed by atoms with Crippen LogP contribution in [0.2, 0.25) is 0 Å². The molecule has 25 heavy (non-hydrogen) atoms. The van der Waals surface area contributed by atoms with Gasteiger partial charge in [0.25, 0.3) is 0 Å². The van der Waals surface area contributed by atoms with Crippen molar-refractivity contribution in [2.45, 2.75) is 6.54 Å². The number of hydrogen-bond acceptors (Lipinski definition) is 7. The summed E-state index contributed by atoms with van der Waals surface area (Å²) in [4.78, 5) is 15.9. The fraction of sp³-hybridized carbons (Fsp3) is 0.167. The van der Waals surface area contributed by atoms with Crippen LogP contribution >= 0.6 is 0 Å². The molecule has 1 N–H and O–H groups in total. The van der Waals surface area contributed by atoms with E-state index in [-0.39, 0.29) is 11.4 Å². The van der Waals surface area contributed by atoms with Crippen LogP contribution in [-0.2, 0) is 11.3 Å². The standard InChI is InChI=1S/C18H17N3O4/c1-23-17-14(18(22)24-2)8-9-16(20-17)19-11-13-10-15(25-21-13)12-6-4-3-5-7-12/h3-10H,11H2,1-2H3,(H,19,20). The lowest BCUT2D eigenvalue weighted by molar-refractivity contribution is 0.0596. The molecule has 0 aliphatic rings. The molecular weight excluding hydrogens is 322 g/mol. The highest BCUT2D eigenvalue weighted by atomic mass is 16.5. The van der Waals surface area contributed by atoms with Gasteiger partial charge in [-0.15, -0.1) is 0 Å². The molecule has 2 heterocycles. The molecule has 0 spiro atoms. The van der Waals surface area contributed by atoms with Crippen LogP contribution in [0.25, 0.3) is 11.3 Å². The molecule has 1 aromatic carbocycles. The number of ether oxygens (including phenoxy) is 2. The summed E-state index contributed by atoms with van der Waals surface area (Å²) >= 11 is 0. The number of anilines is 1. The Morgan fingerprint density at radius 2 is 1.96 bits per heavy atom. The minimum atomic E-state index is -0.500. The van der Waals surface area contributed by atoms with Gasteiger partial charge in [0.05, 0.1) is 20.8 Å². The zero-order valence-electron chi connectivity index (χ0n) is 13.9. The minimum Gasteiger partial charge on any atom is -0.480 e. The van der Waals surface area contributed by atoms with Crippen LogP contribution in [-0.4, -0.2) is 30.3 Å². The van der Waals surface area contributed by atoms with Crippen molar-refractivity contribution in [2.75, 3.05) is 19.5 Å². The van der Waals surface area contributed by atoms with Crippen molar-refractivity contribution in [1.29, 1.82) is 0 Å². The Balaban J connectivity index is 1.70. The van der Waals surface area contributed by atoms with Gasteiger partial charge in [0, 0.05) is 11.6 Å². The topological polar surface area (TPSA) is 86.5 Å². The maximum Gasteiger partial charge on any atom is 0.343 e. The Labute approximate surface area is 144 Å². The summed E-state index contributed by atoms with van der Waals surface area (Å²) < 4.78 is 15.2. The second-order valence-corrected chi connectivity index (χ2v) is 5.15. The third-order valence-corrected chi connectivity index (χ3v) is 3.53. The normalized spacial score (nSPS) is 10.3. The van der Waals surface area contributed by atoms with Gasteiger partial charge < -0.3 is 19.3 Å². The van der Waals surface area contributed by atoms with Crippen molar-refractivity contribution in [3.8, 4) is 17.2 Å². The van der Waals surface area contributed by atoms with Crippen LogP contribution in [0.15, 0.2) is 53.1 Å². The van der Waals surface area contributed by atoms with E-state index in [4.69, 9.17) is 14.0 Å². The second kappa shape index (κ2) is 7.48. The first-order chi connectivity index (χ1) is 12.2. The van der Waals surface area contributed by atoms with E-state index in [1.54, 1.807) is 12.1 Å². The molecule has 7 heteroatoms. The molecule has 7 nitrogen and oxygen atoms in total. The van der Waals surface area contributed by atoms with Crippen molar-refractivity contribution in [1.82, 2.24) is 10.1 Å². The summed E-state index contributed by atoms with van der Waals surface area (Å²) in [7, 11) is 2.76. The summed E-state index contributed by atoms with van der Waals surface area (Å²) in [5.74, 6) is 0.944. The molecule has 0 amide bonds. The predicted octanol–water partition coefficient (Wildman–Crippen LogP) is 3.14. The Hall–Kier alpha value is -3.35. The van der Waals surface area contributed by atoms with Crippen LogP contribution in [0.1, 0.15) is 16.1 Å². The number of rotatable bonds is 6. The molecule has 128 valence electrons. The van der Waals surface area contributed by atoms with Gasteiger partial charge in [-0.25, -0.2) is 4.79 Å². The van der Waals surface area contributed by atoms with Gasteiger partial charge in [-0.3, -0.25) is 0 Å². The Bertz CT molecular complexity index is 862. The first-order valence-electron chi connectivity index (χ1n) is 7.59. The highest BCUT2D eigenvalue weighted by Crippen LogP contribution is 2.22. The smallest absolute Gasteiger partial charge is 0.343 e. The molecule has 0 unspecified atom stereocenters. The van der Waals surface area contributed by atoms with Crippen LogP contribution in [0.4, 0.5) is 5.82 Å². The summed E-state index contributed by atoms with van der Waals surface area (Å²) in [5.41, 5.74) is 1.96. The number of hydrogen-bond donors (Lipinski definition) is 1. The Morgan fingerprint density at radius 1 is 1.16 bits per heavy atom. The molecule has 3 rings (SSSR count). The van der Waals surface area contributed by atoms with E-state index >= 15 is 0 Å². The van der Waals surface area contributed by atoms with Gasteiger partial charge in [-0.1, -0.05) is 35.5 Å². The number of methoxy groups -OCH3 is 2. The van der Waals surface area contributed by atoms with Gasteiger partial charge >= 0.3 is 5.97 Å². The van der Waals surface area contributed by atoms with Gasteiger partial charge in [0.15, 0.2) is 5.76 Å². The highest BCUT2D eigenvalue weighted by molar-refractivity contribution is 5.92. The number of carbonyl (C=O) groups is 1. The monoisotopic (exact) mass is 339 g/mol.